The lowest BCUT2D eigenvalue weighted by Gasteiger charge is -2.42. The van der Waals surface area contributed by atoms with Gasteiger partial charge in [-0.3, -0.25) is 0 Å². The molecule has 0 fully saturated rings. The summed E-state index contributed by atoms with van der Waals surface area (Å²) in [5.74, 6) is -7.19. The maximum Gasteiger partial charge on any atom is 0.188 e. The molecule has 0 amide bonds. The number of allylic oxidation sites excluding steroid dienone is 11. The van der Waals surface area contributed by atoms with Crippen molar-refractivity contribution in [3.05, 3.63) is 238 Å². The summed E-state index contributed by atoms with van der Waals surface area (Å²) in [7, 11) is 0. The molecule has 10 rings (SSSR count). The molecule has 10 nitrogen and oxygen atoms in total. The van der Waals surface area contributed by atoms with Crippen molar-refractivity contribution >= 4 is 38.8 Å². The minimum atomic E-state index is -0.949. The number of hydrogen-bond acceptors (Lipinski definition) is 9. The maximum absolute atomic E-state index is 12.3. The monoisotopic (exact) mass is 966 g/mol. The molecule has 364 valence electrons. The highest BCUT2D eigenvalue weighted by Gasteiger charge is 2.41. The molecule has 0 spiro atoms. The maximum atomic E-state index is 12.3. The fraction of sp³-hybridized carbons (Fsp3) is 0.111. The van der Waals surface area contributed by atoms with Crippen LogP contribution in [0.1, 0.15) is 55.0 Å². The third-order valence-corrected chi connectivity index (χ3v) is 14.6. The van der Waals surface area contributed by atoms with Crippen LogP contribution in [0.5, 0.6) is 46.0 Å². The first-order valence-corrected chi connectivity index (χ1v) is 24.0. The fourth-order valence-electron chi connectivity index (χ4n) is 11.0. The summed E-state index contributed by atoms with van der Waals surface area (Å²) in [5.41, 5.74) is 7.05. The number of hydrogen-bond donors (Lipinski definition) is 8. The molecular weight excluding hydrogens is 913 g/mol. The van der Waals surface area contributed by atoms with Gasteiger partial charge in [0.15, 0.2) is 46.0 Å². The van der Waals surface area contributed by atoms with Gasteiger partial charge in [0, 0.05) is 22.7 Å². The van der Waals surface area contributed by atoms with Crippen molar-refractivity contribution in [2.45, 2.75) is 39.0 Å². The molecule has 2 aliphatic rings. The van der Waals surface area contributed by atoms with Crippen molar-refractivity contribution in [2.24, 2.45) is 0 Å². The number of rotatable bonds is 9. The summed E-state index contributed by atoms with van der Waals surface area (Å²) in [6.07, 6.45) is 13.6. The number of benzene rings is 7. The molecule has 0 bridgehead atoms. The van der Waals surface area contributed by atoms with Crippen LogP contribution in [-0.2, 0) is 11.8 Å². The summed E-state index contributed by atoms with van der Waals surface area (Å²) in [6, 6.07) is 42.6. The van der Waals surface area contributed by atoms with Gasteiger partial charge in [0.05, 0.1) is 16.6 Å². The number of phenolic OH excluding ortho intramolecular Hbond substituents is 8. The largest absolute Gasteiger partial charge is 0.504 e. The number of fused-ring (bicyclic) bond motifs is 4. The Morgan fingerprint density at radius 2 is 1.10 bits per heavy atom. The number of nitrogens with zero attached hydrogens (tertiary/aromatic N) is 2. The second-order valence-electron chi connectivity index (χ2n) is 18.6. The number of aromatic nitrogens is 1. The minimum absolute atomic E-state index is 0.232. The number of anilines is 2. The van der Waals surface area contributed by atoms with Gasteiger partial charge < -0.3 is 50.3 Å². The highest BCUT2D eigenvalue weighted by Crippen LogP contribution is 2.61. The van der Waals surface area contributed by atoms with E-state index in [1.807, 2.05) is 91.0 Å². The van der Waals surface area contributed by atoms with Gasteiger partial charge in [0.1, 0.15) is 17.1 Å². The first-order valence-electron chi connectivity index (χ1n) is 24.0. The zero-order valence-electron chi connectivity index (χ0n) is 40.5. The molecule has 0 atom stereocenters. The Morgan fingerprint density at radius 3 is 1.67 bits per heavy atom. The molecular formula is C63H54N2O8. The average molecular weight is 967 g/mol. The summed E-state index contributed by atoms with van der Waals surface area (Å²) in [6.45, 7) is 9.99. The van der Waals surface area contributed by atoms with E-state index < -0.39 is 62.8 Å². The van der Waals surface area contributed by atoms with Crippen LogP contribution in [0.4, 0.5) is 11.4 Å². The SMILES string of the molecule is C=C1/C=C\C=C/Cc2ccccc2/C(c2c(O)c(O)c(N(C/C=C\C3=C(C)CC(c4ccccc4)(c4ccccc4)C(C)=C3C)c3c(O)c(O)c(-n4c5ccccc5c5ccccc54)c(O)c3O)c(O)c2O)=C\1. The number of phenols is 8. The lowest BCUT2D eigenvalue weighted by molar-refractivity contribution is 0.367. The van der Waals surface area contributed by atoms with Crippen LogP contribution in [0, 0.1) is 0 Å². The molecule has 8 N–H and O–H groups in total. The third-order valence-electron chi connectivity index (χ3n) is 14.6. The van der Waals surface area contributed by atoms with Crippen molar-refractivity contribution in [3.63, 3.8) is 0 Å². The first-order chi connectivity index (χ1) is 35.3. The van der Waals surface area contributed by atoms with Crippen LogP contribution < -0.4 is 4.90 Å². The van der Waals surface area contributed by atoms with E-state index in [4.69, 9.17) is 0 Å². The zero-order valence-corrected chi connectivity index (χ0v) is 40.5. The summed E-state index contributed by atoms with van der Waals surface area (Å²) >= 11 is 0. The quantitative estimate of drug-likeness (QED) is 0.0518. The molecule has 1 aromatic heterocycles. The Kier molecular flexibility index (Phi) is 12.2. The molecule has 0 saturated heterocycles. The van der Waals surface area contributed by atoms with Crippen molar-refractivity contribution in [1.82, 2.24) is 4.57 Å². The molecule has 0 saturated carbocycles. The van der Waals surface area contributed by atoms with E-state index in [1.54, 1.807) is 60.7 Å². The van der Waals surface area contributed by atoms with Crippen LogP contribution in [0.15, 0.2) is 210 Å². The number of para-hydroxylation sites is 2. The van der Waals surface area contributed by atoms with E-state index in [1.165, 1.54) is 4.57 Å². The Morgan fingerprint density at radius 1 is 0.589 bits per heavy atom. The standard InChI is InChI=1S/C63H54N2O8/c1-37-21-8-5-9-22-41-23-14-15-28-45(41)48(35-37)51-55(66)57(68)52(58(69)56(51)67)64(34-20-31-44-38(2)36-63(40(4)39(44)3,42-24-10-6-11-25-42)43-26-12-7-13-27-43)53-59(70)61(72)54(62(73)60(53)71)65-49-32-18-16-29-46(49)47-30-17-19-33-50(47)65/h5-21,23-33,35,66-73H,1,22,34,36H2,2-4H3/b9-5-,21-8-,31-20-,48-35+. The van der Waals surface area contributed by atoms with Gasteiger partial charge in [-0.25, -0.2) is 0 Å². The van der Waals surface area contributed by atoms with Crippen LogP contribution in [0.3, 0.4) is 0 Å². The van der Waals surface area contributed by atoms with Crippen LogP contribution in [-0.4, -0.2) is 52.0 Å². The Labute approximate surface area is 422 Å². The first kappa shape index (κ1) is 47.4. The van der Waals surface area contributed by atoms with E-state index in [2.05, 4.69) is 51.6 Å². The molecule has 73 heavy (non-hydrogen) atoms. The van der Waals surface area contributed by atoms with E-state index in [-0.39, 0.29) is 23.4 Å². The molecule has 7 aromatic carbocycles. The van der Waals surface area contributed by atoms with E-state index >= 15 is 0 Å². The van der Waals surface area contributed by atoms with Gasteiger partial charge in [-0.1, -0.05) is 176 Å². The average Bonchev–Trinajstić information content (AvgIpc) is 3.73. The smallest absolute Gasteiger partial charge is 0.188 e. The third kappa shape index (κ3) is 7.75. The molecule has 1 heterocycles. The van der Waals surface area contributed by atoms with E-state index in [0.29, 0.717) is 35.0 Å². The molecule has 2 aliphatic carbocycles. The van der Waals surface area contributed by atoms with Gasteiger partial charge in [0.25, 0.3) is 0 Å². The van der Waals surface area contributed by atoms with E-state index in [0.717, 1.165) is 54.7 Å². The van der Waals surface area contributed by atoms with Gasteiger partial charge in [-0.15, -0.1) is 0 Å². The minimum Gasteiger partial charge on any atom is -0.504 e. The van der Waals surface area contributed by atoms with Gasteiger partial charge in [-0.2, -0.15) is 0 Å². The van der Waals surface area contributed by atoms with Crippen LogP contribution in [0.2, 0.25) is 0 Å². The normalized spacial score (nSPS) is 16.4. The summed E-state index contributed by atoms with van der Waals surface area (Å²) in [5, 5.41) is 99.5. The number of aromatic hydroxyl groups is 8. The Balaban J connectivity index is 1.17. The van der Waals surface area contributed by atoms with Crippen molar-refractivity contribution in [1.29, 1.82) is 0 Å². The molecule has 10 heteroatoms. The molecule has 8 aromatic rings. The van der Waals surface area contributed by atoms with Crippen molar-refractivity contribution < 1.29 is 40.9 Å². The van der Waals surface area contributed by atoms with Gasteiger partial charge in [0.2, 0.25) is 0 Å². The van der Waals surface area contributed by atoms with Crippen LogP contribution >= 0.6 is 0 Å². The summed E-state index contributed by atoms with van der Waals surface area (Å²) < 4.78 is 1.52. The molecule has 0 aliphatic heterocycles. The lowest BCUT2D eigenvalue weighted by atomic mass is 9.61. The zero-order chi connectivity index (χ0) is 51.3. The second-order valence-corrected chi connectivity index (χ2v) is 18.6. The van der Waals surface area contributed by atoms with Gasteiger partial charge >= 0.3 is 0 Å². The van der Waals surface area contributed by atoms with Crippen LogP contribution in [0.25, 0.3) is 33.1 Å². The predicted octanol–water partition coefficient (Wildman–Crippen LogP) is 13.8. The van der Waals surface area contributed by atoms with Crippen molar-refractivity contribution in [2.75, 3.05) is 11.4 Å². The molecule has 0 unspecified atom stereocenters. The summed E-state index contributed by atoms with van der Waals surface area (Å²) in [4.78, 5) is 1.02. The fourth-order valence-corrected chi connectivity index (χ4v) is 11.0. The topological polar surface area (TPSA) is 170 Å². The molecule has 0 radical (unpaired) electrons. The highest BCUT2D eigenvalue weighted by atomic mass is 16.3. The highest BCUT2D eigenvalue weighted by molar-refractivity contribution is 6.10. The van der Waals surface area contributed by atoms with Gasteiger partial charge in [-0.05, 0) is 96.4 Å². The van der Waals surface area contributed by atoms with E-state index in [9.17, 15) is 40.9 Å². The Hall–Kier alpha value is -9.28. The lowest BCUT2D eigenvalue weighted by Crippen LogP contribution is -2.33. The predicted molar refractivity (Wildman–Crippen MR) is 291 cm³/mol. The second kappa shape index (κ2) is 18.8. The van der Waals surface area contributed by atoms with Crippen molar-refractivity contribution in [3.8, 4) is 51.7 Å². The Bertz CT molecular complexity index is 3590.